The molecule has 1 unspecified atom stereocenters. The van der Waals surface area contributed by atoms with Crippen LogP contribution in [-0.2, 0) is 16.0 Å². The number of amides is 2. The summed E-state index contributed by atoms with van der Waals surface area (Å²) in [7, 11) is 3.21. The predicted molar refractivity (Wildman–Crippen MR) is 140 cm³/mol. The van der Waals surface area contributed by atoms with Gasteiger partial charge in [0.05, 0.1) is 14.2 Å². The van der Waals surface area contributed by atoms with Crippen molar-refractivity contribution in [3.05, 3.63) is 77.7 Å². The summed E-state index contributed by atoms with van der Waals surface area (Å²) in [5.74, 6) is 0.817. The molecule has 2 aromatic heterocycles. The number of imide groups is 1. The number of rotatable bonds is 7. The molecule has 3 aromatic rings. The molecule has 1 aromatic carbocycles. The molecule has 2 heterocycles. The van der Waals surface area contributed by atoms with E-state index in [2.05, 4.69) is 9.97 Å². The van der Waals surface area contributed by atoms with Gasteiger partial charge in [0, 0.05) is 38.4 Å². The van der Waals surface area contributed by atoms with E-state index in [1.54, 1.807) is 38.9 Å². The van der Waals surface area contributed by atoms with Gasteiger partial charge in [-0.25, -0.2) is 9.88 Å². The van der Waals surface area contributed by atoms with Gasteiger partial charge in [-0.3, -0.25) is 14.6 Å². The van der Waals surface area contributed by atoms with Gasteiger partial charge in [0.15, 0.2) is 11.5 Å². The monoisotopic (exact) mass is 479 g/mol. The third-order valence-corrected chi connectivity index (χ3v) is 5.03. The molecule has 35 heavy (non-hydrogen) atoms. The number of hydrogen-bond donors (Lipinski definition) is 0. The first kappa shape index (κ1) is 29.3. The fraction of sp³-hybridized carbons (Fsp3) is 0.357. The van der Waals surface area contributed by atoms with Gasteiger partial charge in [0.25, 0.3) is 0 Å². The molecule has 7 heteroatoms. The Kier molecular flexibility index (Phi) is 12.7. The van der Waals surface area contributed by atoms with Crippen LogP contribution in [0.3, 0.4) is 0 Å². The van der Waals surface area contributed by atoms with Crippen LogP contribution in [0.1, 0.15) is 64.2 Å². The van der Waals surface area contributed by atoms with E-state index in [9.17, 15) is 9.59 Å². The lowest BCUT2D eigenvalue weighted by molar-refractivity contribution is -0.124. The van der Waals surface area contributed by atoms with Crippen molar-refractivity contribution in [3.63, 3.8) is 0 Å². The molecule has 2 amide bonds. The summed E-state index contributed by atoms with van der Waals surface area (Å²) < 4.78 is 10.9. The van der Waals surface area contributed by atoms with Crippen LogP contribution < -0.4 is 14.4 Å². The fourth-order valence-corrected chi connectivity index (χ4v) is 3.53. The fourth-order valence-electron chi connectivity index (χ4n) is 3.53. The average molecular weight is 480 g/mol. The molecular formula is C28H37N3O4. The number of ether oxygens (including phenoxy) is 2. The summed E-state index contributed by atoms with van der Waals surface area (Å²) in [5, 5.41) is 0. The first-order valence-corrected chi connectivity index (χ1v) is 11.8. The van der Waals surface area contributed by atoms with Crippen LogP contribution in [-0.4, -0.2) is 36.0 Å². The molecule has 3 rings (SSSR count). The van der Waals surface area contributed by atoms with Crippen molar-refractivity contribution in [3.8, 4) is 11.5 Å². The van der Waals surface area contributed by atoms with Gasteiger partial charge in [-0.1, -0.05) is 39.8 Å². The first-order valence-electron chi connectivity index (χ1n) is 11.8. The van der Waals surface area contributed by atoms with Crippen LogP contribution in [0.15, 0.2) is 61.1 Å². The quantitative estimate of drug-likeness (QED) is 0.425. The highest BCUT2D eigenvalue weighted by atomic mass is 16.5. The molecule has 0 aliphatic rings. The van der Waals surface area contributed by atoms with E-state index in [4.69, 9.17) is 9.47 Å². The Morgan fingerprint density at radius 1 is 0.829 bits per heavy atom. The Morgan fingerprint density at radius 2 is 1.40 bits per heavy atom. The number of hydrogen-bond acceptors (Lipinski definition) is 6. The molecule has 0 radical (unpaired) electrons. The van der Waals surface area contributed by atoms with E-state index in [-0.39, 0.29) is 17.7 Å². The molecule has 0 spiro atoms. The van der Waals surface area contributed by atoms with Gasteiger partial charge in [-0.05, 0) is 53.4 Å². The minimum Gasteiger partial charge on any atom is -0.493 e. The third kappa shape index (κ3) is 7.91. The Bertz CT molecular complexity index is 1040. The SMILES string of the molecule is CC.CC.COc1ccc(C(Cc2ccncc2)c2ccc(N(C(C)=O)C(C)=O)nc2)cc1OC. The van der Waals surface area contributed by atoms with Crippen LogP contribution in [0.25, 0.3) is 0 Å². The lowest BCUT2D eigenvalue weighted by atomic mass is 9.86. The smallest absolute Gasteiger partial charge is 0.231 e. The van der Waals surface area contributed by atoms with Gasteiger partial charge in [-0.2, -0.15) is 0 Å². The standard InChI is InChI=1S/C24H25N3O4.2C2H6/c1-16(28)27(17(2)29)24-8-6-20(15-26-24)21(13-18-9-11-25-12-10-18)19-5-7-22(30-3)23(14-19)31-4;2*1-2/h5-12,14-15,21H,13H2,1-4H3;2*1-2H3. The summed E-state index contributed by atoms with van der Waals surface area (Å²) in [6.45, 7) is 10.7. The number of methoxy groups -OCH3 is 2. The number of anilines is 1. The maximum atomic E-state index is 11.8. The van der Waals surface area contributed by atoms with Crippen LogP contribution in [0.2, 0.25) is 0 Å². The molecule has 0 fully saturated rings. The van der Waals surface area contributed by atoms with Crippen molar-refractivity contribution in [1.29, 1.82) is 0 Å². The summed E-state index contributed by atoms with van der Waals surface area (Å²) in [6, 6.07) is 13.4. The number of benzene rings is 1. The van der Waals surface area contributed by atoms with E-state index in [1.165, 1.54) is 13.8 Å². The molecular weight excluding hydrogens is 442 g/mol. The van der Waals surface area contributed by atoms with Crippen molar-refractivity contribution < 1.29 is 19.1 Å². The van der Waals surface area contributed by atoms with E-state index in [0.29, 0.717) is 23.7 Å². The van der Waals surface area contributed by atoms with Crippen molar-refractivity contribution in [2.24, 2.45) is 0 Å². The summed E-state index contributed by atoms with van der Waals surface area (Å²) in [6.07, 6.45) is 5.94. The Labute approximate surface area is 209 Å². The lowest BCUT2D eigenvalue weighted by Crippen LogP contribution is -2.33. The van der Waals surface area contributed by atoms with Crippen LogP contribution >= 0.6 is 0 Å². The van der Waals surface area contributed by atoms with Crippen molar-refractivity contribution in [2.45, 2.75) is 53.9 Å². The van der Waals surface area contributed by atoms with Gasteiger partial charge >= 0.3 is 0 Å². The van der Waals surface area contributed by atoms with Gasteiger partial charge in [0.1, 0.15) is 5.82 Å². The van der Waals surface area contributed by atoms with Gasteiger partial charge in [0.2, 0.25) is 11.8 Å². The highest BCUT2D eigenvalue weighted by Crippen LogP contribution is 2.35. The molecule has 0 saturated heterocycles. The molecule has 1 atom stereocenters. The summed E-state index contributed by atoms with van der Waals surface area (Å²) in [5.41, 5.74) is 3.09. The zero-order valence-electron chi connectivity index (χ0n) is 22.0. The number of pyridine rings is 2. The zero-order chi connectivity index (χ0) is 26.4. The van der Waals surface area contributed by atoms with Gasteiger partial charge < -0.3 is 9.47 Å². The van der Waals surface area contributed by atoms with Crippen molar-refractivity contribution in [2.75, 3.05) is 19.1 Å². The second-order valence-electron chi connectivity index (χ2n) is 7.05. The molecule has 0 aliphatic carbocycles. The number of nitrogens with zero attached hydrogens (tertiary/aromatic N) is 3. The van der Waals surface area contributed by atoms with E-state index in [0.717, 1.165) is 21.6 Å². The minimum absolute atomic E-state index is 0.0353. The van der Waals surface area contributed by atoms with Crippen LogP contribution in [0.5, 0.6) is 11.5 Å². The minimum atomic E-state index is -0.374. The lowest BCUT2D eigenvalue weighted by Gasteiger charge is -2.21. The van der Waals surface area contributed by atoms with Gasteiger partial charge in [-0.15, -0.1) is 0 Å². The molecule has 7 nitrogen and oxygen atoms in total. The van der Waals surface area contributed by atoms with E-state index < -0.39 is 0 Å². The molecule has 0 aliphatic heterocycles. The third-order valence-electron chi connectivity index (χ3n) is 5.03. The molecule has 0 bridgehead atoms. The normalized spacial score (nSPS) is 10.5. The van der Waals surface area contributed by atoms with E-state index >= 15 is 0 Å². The maximum Gasteiger partial charge on any atom is 0.231 e. The Hall–Kier alpha value is -3.74. The Balaban J connectivity index is 0.00000145. The van der Waals surface area contributed by atoms with Crippen molar-refractivity contribution >= 4 is 17.6 Å². The number of carbonyl (C=O) groups is 2. The second-order valence-corrected chi connectivity index (χ2v) is 7.05. The second kappa shape index (κ2) is 15.2. The summed E-state index contributed by atoms with van der Waals surface area (Å²) >= 11 is 0. The number of carbonyl (C=O) groups excluding carboxylic acids is 2. The highest BCUT2D eigenvalue weighted by Gasteiger charge is 2.21. The Morgan fingerprint density at radius 3 is 1.89 bits per heavy atom. The average Bonchev–Trinajstić information content (AvgIpc) is 2.90. The van der Waals surface area contributed by atoms with Crippen molar-refractivity contribution in [1.82, 2.24) is 9.97 Å². The first-order chi connectivity index (χ1) is 16.9. The van der Waals surface area contributed by atoms with Crippen LogP contribution in [0.4, 0.5) is 5.82 Å². The number of aromatic nitrogens is 2. The highest BCUT2D eigenvalue weighted by molar-refractivity contribution is 6.12. The zero-order valence-corrected chi connectivity index (χ0v) is 22.0. The summed E-state index contributed by atoms with van der Waals surface area (Å²) in [4.78, 5) is 33.2. The largest absolute Gasteiger partial charge is 0.493 e. The maximum absolute atomic E-state index is 11.8. The molecule has 188 valence electrons. The van der Waals surface area contributed by atoms with Crippen LogP contribution in [0, 0.1) is 0 Å². The van der Waals surface area contributed by atoms with E-state index in [1.807, 2.05) is 64.1 Å². The molecule has 0 N–H and O–H groups in total. The predicted octanol–water partition coefficient (Wildman–Crippen LogP) is 5.82. The topological polar surface area (TPSA) is 81.6 Å². The molecule has 0 saturated carbocycles.